The van der Waals surface area contributed by atoms with Crippen LogP contribution in [-0.2, 0) is 6.61 Å². The maximum Gasteiger partial charge on any atom is 0.347 e. The zero-order chi connectivity index (χ0) is 20.0. The topological polar surface area (TPSA) is 151 Å². The Hall–Kier alpha value is -3.59. The lowest BCUT2D eigenvalue weighted by atomic mass is 10.0. The van der Waals surface area contributed by atoms with Crippen molar-refractivity contribution >= 4 is 18.2 Å². The second kappa shape index (κ2) is 6.29. The largest absolute Gasteiger partial charge is 0.507 e. The lowest BCUT2D eigenvalue weighted by Crippen LogP contribution is -2.12. The molecule has 3 rings (SSSR count). The van der Waals surface area contributed by atoms with Crippen LogP contribution in [0, 0.1) is 13.8 Å². The van der Waals surface area contributed by atoms with Crippen molar-refractivity contribution in [1.82, 2.24) is 0 Å². The number of ether oxygens (including phenoxy) is 2. The monoisotopic (exact) mass is 374 g/mol. The third-order valence-corrected chi connectivity index (χ3v) is 4.31. The van der Waals surface area contributed by atoms with Crippen molar-refractivity contribution in [2.24, 2.45) is 0 Å². The van der Waals surface area contributed by atoms with E-state index in [2.05, 4.69) is 0 Å². The first kappa shape index (κ1) is 18.2. The molecule has 0 saturated carbocycles. The van der Waals surface area contributed by atoms with E-state index in [1.165, 1.54) is 19.9 Å². The lowest BCUT2D eigenvalue weighted by molar-refractivity contribution is 0.0691. The first-order valence-electron chi connectivity index (χ1n) is 7.67. The number of aliphatic hydroxyl groups is 1. The Kier molecular flexibility index (Phi) is 4.24. The Labute approximate surface area is 152 Å². The number of phenolic OH excluding ortho intramolecular Hbond substituents is 1. The Morgan fingerprint density at radius 2 is 1.81 bits per heavy atom. The SMILES string of the molecule is Cc1cc(O)c(C=O)c2c1C(=O)Oc1c(CO)c(O)c(C(=O)O)c(C)c1O2. The van der Waals surface area contributed by atoms with Crippen molar-refractivity contribution in [2.45, 2.75) is 20.5 Å². The summed E-state index contributed by atoms with van der Waals surface area (Å²) in [5.41, 5.74) is -1.23. The molecular formula is C18H14O9. The van der Waals surface area contributed by atoms with E-state index in [9.17, 15) is 34.8 Å². The third kappa shape index (κ3) is 2.56. The van der Waals surface area contributed by atoms with Gasteiger partial charge in [-0.3, -0.25) is 4.79 Å². The van der Waals surface area contributed by atoms with Crippen molar-refractivity contribution < 1.29 is 44.3 Å². The minimum atomic E-state index is -1.50. The van der Waals surface area contributed by atoms with Crippen LogP contribution in [0.25, 0.3) is 0 Å². The zero-order valence-electron chi connectivity index (χ0n) is 14.2. The first-order valence-corrected chi connectivity index (χ1v) is 7.67. The highest BCUT2D eigenvalue weighted by Gasteiger charge is 2.35. The molecule has 9 heteroatoms. The van der Waals surface area contributed by atoms with Gasteiger partial charge in [0.15, 0.2) is 23.5 Å². The van der Waals surface area contributed by atoms with Crippen molar-refractivity contribution in [2.75, 3.05) is 0 Å². The van der Waals surface area contributed by atoms with Gasteiger partial charge in [0.2, 0.25) is 0 Å². The molecule has 0 spiro atoms. The Balaban J connectivity index is 2.43. The summed E-state index contributed by atoms with van der Waals surface area (Å²) >= 11 is 0. The summed E-state index contributed by atoms with van der Waals surface area (Å²) in [6.45, 7) is 1.94. The second-order valence-electron chi connectivity index (χ2n) is 5.89. The number of fused-ring (bicyclic) bond motifs is 2. The minimum absolute atomic E-state index is 0.0919. The number of carbonyl (C=O) groups is 3. The summed E-state index contributed by atoms with van der Waals surface area (Å²) in [6, 6.07) is 1.18. The van der Waals surface area contributed by atoms with Crippen molar-refractivity contribution in [3.05, 3.63) is 39.4 Å². The maximum absolute atomic E-state index is 12.6. The fraction of sp³-hybridized carbons (Fsp3) is 0.167. The van der Waals surface area contributed by atoms with Gasteiger partial charge in [0.05, 0.1) is 17.7 Å². The van der Waals surface area contributed by atoms with E-state index in [0.29, 0.717) is 0 Å². The third-order valence-electron chi connectivity index (χ3n) is 4.31. The van der Waals surface area contributed by atoms with Crippen LogP contribution in [0.4, 0.5) is 0 Å². The molecule has 1 heterocycles. The Bertz CT molecular complexity index is 1020. The van der Waals surface area contributed by atoms with Crippen LogP contribution in [0.15, 0.2) is 6.07 Å². The number of hydrogen-bond donors (Lipinski definition) is 4. The van der Waals surface area contributed by atoms with Gasteiger partial charge in [-0.2, -0.15) is 0 Å². The van der Waals surface area contributed by atoms with Gasteiger partial charge in [-0.15, -0.1) is 0 Å². The normalized spacial score (nSPS) is 12.3. The summed E-state index contributed by atoms with van der Waals surface area (Å²) in [7, 11) is 0. The molecule has 0 atom stereocenters. The predicted molar refractivity (Wildman–Crippen MR) is 89.0 cm³/mol. The maximum atomic E-state index is 12.6. The zero-order valence-corrected chi connectivity index (χ0v) is 14.2. The second-order valence-corrected chi connectivity index (χ2v) is 5.89. The average Bonchev–Trinajstić information content (AvgIpc) is 2.72. The number of aryl methyl sites for hydroxylation is 1. The van der Waals surface area contributed by atoms with E-state index in [1.807, 2.05) is 0 Å². The molecule has 0 aromatic heterocycles. The minimum Gasteiger partial charge on any atom is -0.507 e. The number of aldehydes is 1. The van der Waals surface area contributed by atoms with E-state index < -0.39 is 35.6 Å². The summed E-state index contributed by atoms with van der Waals surface area (Å²) in [5.74, 6) is -4.59. The van der Waals surface area contributed by atoms with Gasteiger partial charge in [-0.25, -0.2) is 9.59 Å². The number of aromatic carboxylic acids is 1. The molecule has 0 saturated heterocycles. The quantitative estimate of drug-likeness (QED) is 0.359. The number of carboxylic acids is 1. The summed E-state index contributed by atoms with van der Waals surface area (Å²) < 4.78 is 10.9. The van der Waals surface area contributed by atoms with Crippen molar-refractivity contribution in [3.8, 4) is 28.7 Å². The van der Waals surface area contributed by atoms with Crippen LogP contribution < -0.4 is 9.47 Å². The molecule has 0 amide bonds. The molecule has 9 nitrogen and oxygen atoms in total. The molecule has 1 aliphatic heterocycles. The van der Waals surface area contributed by atoms with Crippen molar-refractivity contribution in [3.63, 3.8) is 0 Å². The molecule has 140 valence electrons. The molecule has 2 aromatic rings. The van der Waals surface area contributed by atoms with Crippen LogP contribution in [0.3, 0.4) is 0 Å². The molecule has 0 radical (unpaired) electrons. The summed E-state index contributed by atoms with van der Waals surface area (Å²) in [5, 5.41) is 39.1. The molecule has 0 fully saturated rings. The molecule has 4 N–H and O–H groups in total. The number of rotatable bonds is 3. The number of benzene rings is 2. The van der Waals surface area contributed by atoms with Crippen LogP contribution in [0.1, 0.15) is 47.8 Å². The van der Waals surface area contributed by atoms with Crippen LogP contribution in [-0.4, -0.2) is 38.7 Å². The van der Waals surface area contributed by atoms with E-state index in [1.54, 1.807) is 0 Å². The lowest BCUT2D eigenvalue weighted by Gasteiger charge is -2.17. The van der Waals surface area contributed by atoms with Gasteiger partial charge in [0.1, 0.15) is 22.6 Å². The van der Waals surface area contributed by atoms with E-state index in [-0.39, 0.29) is 51.4 Å². The van der Waals surface area contributed by atoms with Gasteiger partial charge in [0.25, 0.3) is 0 Å². The van der Waals surface area contributed by atoms with Gasteiger partial charge in [-0.05, 0) is 25.5 Å². The number of aromatic hydroxyl groups is 2. The highest BCUT2D eigenvalue weighted by atomic mass is 16.6. The molecular weight excluding hydrogens is 360 g/mol. The molecule has 0 aliphatic carbocycles. The van der Waals surface area contributed by atoms with Crippen molar-refractivity contribution in [1.29, 1.82) is 0 Å². The van der Waals surface area contributed by atoms with Gasteiger partial charge < -0.3 is 29.9 Å². The van der Waals surface area contributed by atoms with E-state index in [0.717, 1.165) is 0 Å². The van der Waals surface area contributed by atoms with E-state index in [4.69, 9.17) is 9.47 Å². The summed E-state index contributed by atoms with van der Waals surface area (Å²) in [6.07, 6.45) is 0.284. The molecule has 0 unspecified atom stereocenters. The Morgan fingerprint density at radius 3 is 2.37 bits per heavy atom. The fourth-order valence-corrected chi connectivity index (χ4v) is 3.00. The predicted octanol–water partition coefficient (Wildman–Crippen LogP) is 2.04. The highest BCUT2D eigenvalue weighted by molar-refractivity contribution is 6.02. The number of aliphatic hydroxyl groups excluding tert-OH is 1. The van der Waals surface area contributed by atoms with Crippen LogP contribution >= 0.6 is 0 Å². The standard InChI is InChI=1S/C18H14O9/c1-6-3-10(21)8(4-19)15-11(6)18(25)27-16-9(5-20)13(22)12(17(23)24)7(2)14(16)26-15/h3-4,20-22H,5H2,1-2H3,(H,23,24). The summed E-state index contributed by atoms with van der Waals surface area (Å²) in [4.78, 5) is 35.5. The number of esters is 1. The molecule has 1 aliphatic rings. The van der Waals surface area contributed by atoms with Gasteiger partial charge >= 0.3 is 11.9 Å². The number of phenols is 2. The van der Waals surface area contributed by atoms with Crippen LogP contribution in [0.5, 0.6) is 28.7 Å². The van der Waals surface area contributed by atoms with Gasteiger partial charge in [0, 0.05) is 5.56 Å². The Morgan fingerprint density at radius 1 is 1.15 bits per heavy atom. The molecule has 0 bridgehead atoms. The average molecular weight is 374 g/mol. The molecule has 27 heavy (non-hydrogen) atoms. The number of hydrogen-bond acceptors (Lipinski definition) is 8. The number of carbonyl (C=O) groups excluding carboxylic acids is 2. The van der Waals surface area contributed by atoms with Crippen LogP contribution in [0.2, 0.25) is 0 Å². The first-order chi connectivity index (χ1) is 12.7. The smallest absolute Gasteiger partial charge is 0.347 e. The van der Waals surface area contributed by atoms with E-state index >= 15 is 0 Å². The molecule has 2 aromatic carbocycles. The fourth-order valence-electron chi connectivity index (χ4n) is 3.00. The number of carboxylic acid groups (broad SMARTS) is 1. The van der Waals surface area contributed by atoms with Gasteiger partial charge in [-0.1, -0.05) is 0 Å². The highest BCUT2D eigenvalue weighted by Crippen LogP contribution is 2.49.